The molecule has 1 aliphatic heterocycles. The fourth-order valence-electron chi connectivity index (χ4n) is 3.58. The summed E-state index contributed by atoms with van der Waals surface area (Å²) in [6.45, 7) is 2.01. The number of amides is 4. The van der Waals surface area contributed by atoms with Gasteiger partial charge in [0.25, 0.3) is 5.91 Å². The smallest absolute Gasteiger partial charge is 0.406 e. The van der Waals surface area contributed by atoms with E-state index in [1.807, 2.05) is 42.3 Å². The summed E-state index contributed by atoms with van der Waals surface area (Å²) in [5.41, 5.74) is -0.218. The zero-order valence-corrected chi connectivity index (χ0v) is 18.7. The largest absolute Gasteiger partial charge is 0.573 e. The van der Waals surface area contributed by atoms with Crippen molar-refractivity contribution in [3.63, 3.8) is 0 Å². The van der Waals surface area contributed by atoms with Crippen LogP contribution in [0.15, 0.2) is 54.6 Å². The van der Waals surface area contributed by atoms with Gasteiger partial charge in [0.15, 0.2) is 0 Å². The number of anilines is 1. The Hall–Kier alpha value is -3.76. The van der Waals surface area contributed by atoms with E-state index in [2.05, 4.69) is 15.4 Å². The summed E-state index contributed by atoms with van der Waals surface area (Å²) < 4.78 is 40.9. The topological polar surface area (TPSA) is 91.0 Å². The highest BCUT2D eigenvalue weighted by Gasteiger charge is 2.49. The van der Waals surface area contributed by atoms with Crippen molar-refractivity contribution < 1.29 is 32.3 Å². The molecule has 0 saturated carbocycles. The first-order chi connectivity index (χ1) is 16.0. The number of nitrogens with one attached hydrogen (secondary N) is 2. The Bertz CT molecular complexity index is 1030. The third-order valence-corrected chi connectivity index (χ3v) is 5.43. The van der Waals surface area contributed by atoms with Crippen molar-refractivity contribution in [2.75, 3.05) is 31.6 Å². The number of nitrogens with zero attached hydrogens (tertiary/aromatic N) is 2. The third-order valence-electron chi connectivity index (χ3n) is 5.43. The first-order valence-corrected chi connectivity index (χ1v) is 10.5. The zero-order valence-electron chi connectivity index (χ0n) is 18.7. The van der Waals surface area contributed by atoms with E-state index in [0.717, 1.165) is 22.7 Å². The normalized spacial score (nSPS) is 18.0. The van der Waals surface area contributed by atoms with Gasteiger partial charge in [-0.15, -0.1) is 13.2 Å². The van der Waals surface area contributed by atoms with Crippen molar-refractivity contribution in [3.8, 4) is 5.75 Å². The van der Waals surface area contributed by atoms with Crippen LogP contribution in [-0.2, 0) is 15.1 Å². The second-order valence-corrected chi connectivity index (χ2v) is 7.98. The molecule has 4 amide bonds. The Kier molecular flexibility index (Phi) is 7.33. The van der Waals surface area contributed by atoms with Crippen LogP contribution >= 0.6 is 0 Å². The lowest BCUT2D eigenvalue weighted by Crippen LogP contribution is -2.43. The van der Waals surface area contributed by atoms with Crippen molar-refractivity contribution in [3.05, 3.63) is 60.2 Å². The average Bonchev–Trinajstić information content (AvgIpc) is 3.00. The maximum atomic E-state index is 12.9. The minimum absolute atomic E-state index is 0.257. The van der Waals surface area contributed by atoms with E-state index < -0.39 is 42.0 Å². The molecule has 0 aromatic heterocycles. The van der Waals surface area contributed by atoms with Gasteiger partial charge in [-0.1, -0.05) is 30.3 Å². The van der Waals surface area contributed by atoms with Crippen LogP contribution in [0.25, 0.3) is 0 Å². The maximum Gasteiger partial charge on any atom is 0.573 e. The van der Waals surface area contributed by atoms with Crippen molar-refractivity contribution in [1.29, 1.82) is 0 Å². The van der Waals surface area contributed by atoms with Crippen molar-refractivity contribution in [2.24, 2.45) is 0 Å². The summed E-state index contributed by atoms with van der Waals surface area (Å²) in [5.74, 6) is -1.63. The number of alkyl halides is 3. The number of imide groups is 1. The first-order valence-electron chi connectivity index (χ1n) is 10.5. The fraction of sp³-hybridized carbons (Fsp3) is 0.348. The molecule has 182 valence electrons. The van der Waals surface area contributed by atoms with Gasteiger partial charge in [0.05, 0.1) is 0 Å². The third kappa shape index (κ3) is 5.97. The number of carbonyl (C=O) groups excluding carboxylic acids is 3. The summed E-state index contributed by atoms with van der Waals surface area (Å²) >= 11 is 0. The van der Waals surface area contributed by atoms with Gasteiger partial charge < -0.3 is 20.3 Å². The van der Waals surface area contributed by atoms with Crippen LogP contribution in [0.3, 0.4) is 0 Å². The minimum Gasteiger partial charge on any atom is -0.406 e. The highest BCUT2D eigenvalue weighted by atomic mass is 19.4. The van der Waals surface area contributed by atoms with Crippen LogP contribution in [0.2, 0.25) is 0 Å². The number of urea groups is 1. The molecule has 1 saturated heterocycles. The molecule has 0 aliphatic carbocycles. The standard InChI is InChI=1S/C23H25F3N4O4/c1-22(16-9-11-18(12-10-16)34-23(24,25)26)20(32)30(21(33)28-22)15-19(31)27-13-6-14-29(2)17-7-4-3-5-8-17/h3-5,7-12H,6,13-15H2,1-2H3,(H,27,31)(H,28,33). The van der Waals surface area contributed by atoms with E-state index in [4.69, 9.17) is 0 Å². The van der Waals surface area contributed by atoms with Gasteiger partial charge in [-0.2, -0.15) is 0 Å². The van der Waals surface area contributed by atoms with Gasteiger partial charge in [0.1, 0.15) is 17.8 Å². The number of benzene rings is 2. The Morgan fingerprint density at radius 3 is 2.38 bits per heavy atom. The van der Waals surface area contributed by atoms with Crippen LogP contribution in [0.4, 0.5) is 23.7 Å². The molecule has 0 bridgehead atoms. The van der Waals surface area contributed by atoms with E-state index in [1.54, 1.807) is 0 Å². The predicted molar refractivity (Wildman–Crippen MR) is 118 cm³/mol. The molecule has 34 heavy (non-hydrogen) atoms. The number of ether oxygens (including phenoxy) is 1. The minimum atomic E-state index is -4.84. The van der Waals surface area contributed by atoms with Gasteiger partial charge in [-0.05, 0) is 43.2 Å². The molecule has 8 nitrogen and oxygen atoms in total. The molecule has 1 atom stereocenters. The summed E-state index contributed by atoms with van der Waals surface area (Å²) in [7, 11) is 1.94. The summed E-state index contributed by atoms with van der Waals surface area (Å²) in [5, 5.41) is 5.20. The lowest BCUT2D eigenvalue weighted by Gasteiger charge is -2.22. The molecule has 2 aromatic carbocycles. The molecule has 3 rings (SSSR count). The van der Waals surface area contributed by atoms with Gasteiger partial charge in [-0.3, -0.25) is 14.5 Å². The first kappa shape index (κ1) is 24.9. The van der Waals surface area contributed by atoms with E-state index >= 15 is 0 Å². The SMILES string of the molecule is CN(CCCNC(=O)CN1C(=O)NC(C)(c2ccc(OC(F)(F)F)cc2)C1=O)c1ccccc1. The molecule has 11 heteroatoms. The number of rotatable bonds is 9. The summed E-state index contributed by atoms with van der Waals surface area (Å²) in [4.78, 5) is 40.4. The molecular formula is C23H25F3N4O4. The average molecular weight is 478 g/mol. The number of hydrogen-bond donors (Lipinski definition) is 2. The molecule has 1 heterocycles. The molecule has 1 aliphatic rings. The van der Waals surface area contributed by atoms with Crippen molar-refractivity contribution in [1.82, 2.24) is 15.5 Å². The van der Waals surface area contributed by atoms with Gasteiger partial charge >= 0.3 is 12.4 Å². The second-order valence-electron chi connectivity index (χ2n) is 7.98. The second kappa shape index (κ2) is 10.0. The van der Waals surface area contributed by atoms with Gasteiger partial charge in [-0.25, -0.2) is 4.79 Å². The summed E-state index contributed by atoms with van der Waals surface area (Å²) in [6.07, 6.45) is -4.19. The van der Waals surface area contributed by atoms with Crippen LogP contribution in [-0.4, -0.2) is 55.8 Å². The molecule has 0 radical (unpaired) electrons. The number of hydrogen-bond acceptors (Lipinski definition) is 5. The Labute approximate surface area is 194 Å². The van der Waals surface area contributed by atoms with E-state index in [9.17, 15) is 27.6 Å². The van der Waals surface area contributed by atoms with Crippen LogP contribution in [0.1, 0.15) is 18.9 Å². The molecule has 2 aromatic rings. The van der Waals surface area contributed by atoms with Crippen LogP contribution in [0.5, 0.6) is 5.75 Å². The van der Waals surface area contributed by atoms with E-state index in [0.29, 0.717) is 19.5 Å². The molecular weight excluding hydrogens is 453 g/mol. The number of carbonyl (C=O) groups is 3. The van der Waals surface area contributed by atoms with Gasteiger partial charge in [0.2, 0.25) is 5.91 Å². The van der Waals surface area contributed by atoms with E-state index in [1.165, 1.54) is 19.1 Å². The van der Waals surface area contributed by atoms with E-state index in [-0.39, 0.29) is 5.56 Å². The fourth-order valence-corrected chi connectivity index (χ4v) is 3.58. The monoisotopic (exact) mass is 478 g/mol. The van der Waals surface area contributed by atoms with Gasteiger partial charge in [0, 0.05) is 25.8 Å². The summed E-state index contributed by atoms with van der Waals surface area (Å²) in [6, 6.07) is 13.6. The maximum absolute atomic E-state index is 12.9. The van der Waals surface area contributed by atoms with Crippen LogP contribution < -0.4 is 20.3 Å². The molecule has 0 spiro atoms. The molecule has 1 fully saturated rings. The number of para-hydroxylation sites is 1. The zero-order chi connectivity index (χ0) is 24.9. The quantitative estimate of drug-likeness (QED) is 0.427. The Morgan fingerprint density at radius 1 is 1.12 bits per heavy atom. The Morgan fingerprint density at radius 2 is 1.76 bits per heavy atom. The van der Waals surface area contributed by atoms with Crippen molar-refractivity contribution >= 4 is 23.5 Å². The van der Waals surface area contributed by atoms with Crippen LogP contribution in [0, 0.1) is 0 Å². The molecule has 2 N–H and O–H groups in total. The number of halogens is 3. The predicted octanol–water partition coefficient (Wildman–Crippen LogP) is 2.99. The highest BCUT2D eigenvalue weighted by Crippen LogP contribution is 2.31. The van der Waals surface area contributed by atoms with Crippen molar-refractivity contribution in [2.45, 2.75) is 25.2 Å². The lowest BCUT2D eigenvalue weighted by molar-refractivity contribution is -0.274. The Balaban J connectivity index is 1.52. The molecule has 1 unspecified atom stereocenters. The highest BCUT2D eigenvalue weighted by molar-refractivity contribution is 6.09. The lowest BCUT2D eigenvalue weighted by atomic mass is 9.92.